The minimum absolute atomic E-state index is 0.101. The Morgan fingerprint density at radius 1 is 1.05 bits per heavy atom. The maximum absolute atomic E-state index is 10.8. The first-order chi connectivity index (χ1) is 9.49. The molecule has 0 aliphatic carbocycles. The standard InChI is InChI=1S/C14H9Cl3O3/c15-10-4-2-1-3-8(10)7-20-13-11(16)5-9(14(18)19)6-12(13)17/h1-6H,7H2,(H,18,19)/p-1. The largest absolute Gasteiger partial charge is 0.545 e. The Hall–Kier alpha value is -1.42. The van der Waals surface area contributed by atoms with Crippen LogP contribution in [0.15, 0.2) is 36.4 Å². The van der Waals surface area contributed by atoms with Gasteiger partial charge in [0.05, 0.1) is 16.0 Å². The van der Waals surface area contributed by atoms with E-state index in [4.69, 9.17) is 39.5 Å². The lowest BCUT2D eigenvalue weighted by molar-refractivity contribution is -0.255. The van der Waals surface area contributed by atoms with Crippen molar-refractivity contribution in [3.63, 3.8) is 0 Å². The van der Waals surface area contributed by atoms with E-state index in [1.807, 2.05) is 6.07 Å². The summed E-state index contributed by atoms with van der Waals surface area (Å²) in [6.07, 6.45) is 0. The summed E-state index contributed by atoms with van der Waals surface area (Å²) in [4.78, 5) is 10.8. The van der Waals surface area contributed by atoms with Gasteiger partial charge in [0.25, 0.3) is 0 Å². The van der Waals surface area contributed by atoms with Crippen molar-refractivity contribution in [2.45, 2.75) is 6.61 Å². The van der Waals surface area contributed by atoms with Crippen molar-refractivity contribution >= 4 is 40.8 Å². The highest BCUT2D eigenvalue weighted by molar-refractivity contribution is 6.37. The monoisotopic (exact) mass is 329 g/mol. The number of hydrogen-bond donors (Lipinski definition) is 0. The third kappa shape index (κ3) is 3.37. The minimum atomic E-state index is -1.36. The van der Waals surface area contributed by atoms with E-state index in [-0.39, 0.29) is 28.0 Å². The van der Waals surface area contributed by atoms with Crippen LogP contribution in [0.2, 0.25) is 15.1 Å². The summed E-state index contributed by atoms with van der Waals surface area (Å²) < 4.78 is 5.51. The molecule has 20 heavy (non-hydrogen) atoms. The van der Waals surface area contributed by atoms with Crippen molar-refractivity contribution in [1.82, 2.24) is 0 Å². The van der Waals surface area contributed by atoms with E-state index < -0.39 is 5.97 Å². The Morgan fingerprint density at radius 3 is 2.20 bits per heavy atom. The quantitative estimate of drug-likeness (QED) is 0.861. The van der Waals surface area contributed by atoms with Gasteiger partial charge in [0.15, 0.2) is 5.75 Å². The van der Waals surface area contributed by atoms with Crippen LogP contribution in [0.1, 0.15) is 15.9 Å². The predicted octanol–water partition coefficient (Wildman–Crippen LogP) is 3.59. The summed E-state index contributed by atoms with van der Waals surface area (Å²) in [6.45, 7) is 0.170. The summed E-state index contributed by atoms with van der Waals surface area (Å²) in [5.74, 6) is -1.15. The van der Waals surface area contributed by atoms with Crippen LogP contribution in [-0.4, -0.2) is 5.97 Å². The summed E-state index contributed by atoms with van der Waals surface area (Å²) >= 11 is 17.9. The molecule has 0 N–H and O–H groups in total. The number of aromatic carboxylic acids is 1. The third-order valence-electron chi connectivity index (χ3n) is 2.56. The molecule has 0 heterocycles. The van der Waals surface area contributed by atoms with E-state index in [1.165, 1.54) is 12.1 Å². The van der Waals surface area contributed by atoms with Gasteiger partial charge in [-0.15, -0.1) is 0 Å². The number of carbonyl (C=O) groups excluding carboxylic acids is 1. The normalized spacial score (nSPS) is 10.3. The van der Waals surface area contributed by atoms with E-state index in [0.29, 0.717) is 5.02 Å². The van der Waals surface area contributed by atoms with Gasteiger partial charge in [-0.25, -0.2) is 0 Å². The number of carboxylic acids is 1. The van der Waals surface area contributed by atoms with Crippen LogP contribution >= 0.6 is 34.8 Å². The lowest BCUT2D eigenvalue weighted by Crippen LogP contribution is -2.22. The molecule has 0 atom stereocenters. The van der Waals surface area contributed by atoms with Crippen LogP contribution in [0, 0.1) is 0 Å². The van der Waals surface area contributed by atoms with Crippen LogP contribution in [0.5, 0.6) is 5.75 Å². The Morgan fingerprint density at radius 2 is 1.65 bits per heavy atom. The minimum Gasteiger partial charge on any atom is -0.545 e. The molecule has 0 radical (unpaired) electrons. The first kappa shape index (κ1) is 15.0. The predicted molar refractivity (Wildman–Crippen MR) is 76.6 cm³/mol. The number of benzene rings is 2. The third-order valence-corrected chi connectivity index (χ3v) is 3.49. The Balaban J connectivity index is 2.22. The fraction of sp³-hybridized carbons (Fsp3) is 0.0714. The fourth-order valence-corrected chi connectivity index (χ4v) is 2.37. The Bertz CT molecular complexity index is 633. The molecule has 2 aromatic rings. The van der Waals surface area contributed by atoms with Crippen molar-refractivity contribution in [3.8, 4) is 5.75 Å². The van der Waals surface area contributed by atoms with Gasteiger partial charge in [0, 0.05) is 16.1 Å². The number of carbonyl (C=O) groups is 1. The molecule has 0 bridgehead atoms. The number of ether oxygens (including phenoxy) is 1. The number of carboxylic acid groups (broad SMARTS) is 1. The van der Waals surface area contributed by atoms with E-state index in [2.05, 4.69) is 0 Å². The molecular weight excluding hydrogens is 323 g/mol. The second kappa shape index (κ2) is 6.35. The van der Waals surface area contributed by atoms with Crippen LogP contribution in [0.4, 0.5) is 0 Å². The highest BCUT2D eigenvalue weighted by atomic mass is 35.5. The van der Waals surface area contributed by atoms with Crippen LogP contribution in [-0.2, 0) is 6.61 Å². The zero-order valence-corrected chi connectivity index (χ0v) is 12.3. The number of halogens is 3. The lowest BCUT2D eigenvalue weighted by atomic mass is 10.2. The van der Waals surface area contributed by atoms with E-state index in [0.717, 1.165) is 5.56 Å². The zero-order valence-electron chi connectivity index (χ0n) is 10.0. The smallest absolute Gasteiger partial charge is 0.157 e. The highest BCUT2D eigenvalue weighted by Gasteiger charge is 2.11. The van der Waals surface area contributed by atoms with Gasteiger partial charge in [-0.1, -0.05) is 53.0 Å². The molecule has 0 spiro atoms. The summed E-state index contributed by atoms with van der Waals surface area (Å²) in [5, 5.41) is 11.5. The molecule has 0 unspecified atom stereocenters. The molecule has 6 heteroatoms. The van der Waals surface area contributed by atoms with Gasteiger partial charge < -0.3 is 14.6 Å². The summed E-state index contributed by atoms with van der Waals surface area (Å²) in [6, 6.07) is 9.63. The van der Waals surface area contributed by atoms with Gasteiger partial charge in [-0.05, 0) is 18.2 Å². The van der Waals surface area contributed by atoms with Crippen LogP contribution in [0.3, 0.4) is 0 Å². The molecule has 104 valence electrons. The van der Waals surface area contributed by atoms with E-state index in [1.54, 1.807) is 18.2 Å². The van der Waals surface area contributed by atoms with Crippen molar-refractivity contribution in [2.24, 2.45) is 0 Å². The van der Waals surface area contributed by atoms with Crippen molar-refractivity contribution in [3.05, 3.63) is 62.6 Å². The molecule has 0 aliphatic rings. The van der Waals surface area contributed by atoms with Crippen molar-refractivity contribution in [1.29, 1.82) is 0 Å². The lowest BCUT2D eigenvalue weighted by Gasteiger charge is -2.13. The van der Waals surface area contributed by atoms with Gasteiger partial charge in [-0.3, -0.25) is 0 Å². The zero-order chi connectivity index (χ0) is 14.7. The molecule has 0 aromatic heterocycles. The molecule has 2 aromatic carbocycles. The molecule has 0 amide bonds. The molecule has 3 nitrogen and oxygen atoms in total. The average molecular weight is 331 g/mol. The van der Waals surface area contributed by atoms with E-state index >= 15 is 0 Å². The second-order valence-electron chi connectivity index (χ2n) is 3.94. The molecule has 0 saturated carbocycles. The SMILES string of the molecule is O=C([O-])c1cc(Cl)c(OCc2ccccc2Cl)c(Cl)c1. The topological polar surface area (TPSA) is 49.4 Å². The maximum atomic E-state index is 10.8. The molecule has 2 rings (SSSR count). The van der Waals surface area contributed by atoms with Gasteiger partial charge >= 0.3 is 0 Å². The van der Waals surface area contributed by atoms with Crippen molar-refractivity contribution < 1.29 is 14.6 Å². The second-order valence-corrected chi connectivity index (χ2v) is 5.16. The van der Waals surface area contributed by atoms with Crippen LogP contribution in [0.25, 0.3) is 0 Å². The highest BCUT2D eigenvalue weighted by Crippen LogP contribution is 2.35. The Labute approximate surface area is 130 Å². The van der Waals surface area contributed by atoms with Crippen molar-refractivity contribution in [2.75, 3.05) is 0 Å². The number of hydrogen-bond acceptors (Lipinski definition) is 3. The first-order valence-electron chi connectivity index (χ1n) is 5.55. The first-order valence-corrected chi connectivity index (χ1v) is 6.69. The van der Waals surface area contributed by atoms with Gasteiger partial charge in [0.2, 0.25) is 0 Å². The van der Waals surface area contributed by atoms with Gasteiger partial charge in [0.1, 0.15) is 6.61 Å². The fourth-order valence-electron chi connectivity index (χ4n) is 1.58. The number of rotatable bonds is 4. The average Bonchev–Trinajstić information content (AvgIpc) is 2.39. The summed E-state index contributed by atoms with van der Waals surface area (Å²) in [5.41, 5.74) is 0.662. The molecule has 0 fully saturated rings. The van der Waals surface area contributed by atoms with Gasteiger partial charge in [-0.2, -0.15) is 0 Å². The van der Waals surface area contributed by atoms with E-state index in [9.17, 15) is 9.90 Å². The molecule has 0 aliphatic heterocycles. The molecule has 0 saturated heterocycles. The maximum Gasteiger partial charge on any atom is 0.157 e. The molecular formula is C14H8Cl3O3-. The van der Waals surface area contributed by atoms with Crippen LogP contribution < -0.4 is 9.84 Å². The summed E-state index contributed by atoms with van der Waals surface area (Å²) in [7, 11) is 0. The Kier molecular flexibility index (Phi) is 4.76.